The molecule has 1 amide bonds. The van der Waals surface area contributed by atoms with Crippen LogP contribution in [0.25, 0.3) is 0 Å². The van der Waals surface area contributed by atoms with Crippen LogP contribution in [-0.2, 0) is 14.6 Å². The van der Waals surface area contributed by atoms with E-state index in [0.29, 0.717) is 25.2 Å². The van der Waals surface area contributed by atoms with Gasteiger partial charge < -0.3 is 15.1 Å². The van der Waals surface area contributed by atoms with Crippen molar-refractivity contribution in [3.05, 3.63) is 41.9 Å². The molecule has 2 rings (SSSR count). The van der Waals surface area contributed by atoms with Gasteiger partial charge in [0, 0.05) is 31.0 Å². The van der Waals surface area contributed by atoms with Crippen LogP contribution in [0.1, 0.15) is 6.42 Å². The molecule has 1 fully saturated rings. The van der Waals surface area contributed by atoms with Crippen molar-refractivity contribution in [2.75, 3.05) is 44.0 Å². The van der Waals surface area contributed by atoms with E-state index < -0.39 is 21.6 Å². The van der Waals surface area contributed by atoms with Crippen molar-refractivity contribution in [2.45, 2.75) is 12.5 Å². The Bertz CT molecular complexity index is 844. The third kappa shape index (κ3) is 6.34. The highest BCUT2D eigenvalue weighted by Gasteiger charge is 2.31. The van der Waals surface area contributed by atoms with Gasteiger partial charge in [0.1, 0.15) is 17.5 Å². The van der Waals surface area contributed by atoms with Crippen LogP contribution in [-0.4, -0.2) is 68.9 Å². The van der Waals surface area contributed by atoms with E-state index in [1.807, 2.05) is 25.1 Å². The summed E-state index contributed by atoms with van der Waals surface area (Å²) in [6.07, 6.45) is 1.89. The first-order valence-electron chi connectivity index (χ1n) is 8.50. The smallest absolute Gasteiger partial charge is 0.267 e. The Kier molecular flexibility index (Phi) is 6.93. The number of sulfone groups is 1. The molecule has 9 heteroatoms. The Hall–Kier alpha value is -2.44. The molecule has 0 aromatic heterocycles. The van der Waals surface area contributed by atoms with E-state index in [0.717, 1.165) is 0 Å². The zero-order valence-corrected chi connectivity index (χ0v) is 16.2. The number of nitrogens with one attached hydrogen (secondary N) is 1. The number of likely N-dealkylation sites (N-methyl/N-ethyl adjacent to an activating group) is 1. The molecule has 7 nitrogen and oxygen atoms in total. The third-order valence-corrected chi connectivity index (χ3v) is 6.00. The first kappa shape index (κ1) is 20.9. The Morgan fingerprint density at radius 2 is 2.00 bits per heavy atom. The molecule has 27 heavy (non-hydrogen) atoms. The first-order chi connectivity index (χ1) is 12.7. The predicted octanol–water partition coefficient (Wildman–Crippen LogP) is 1.22. The minimum atomic E-state index is -3.10. The summed E-state index contributed by atoms with van der Waals surface area (Å²) in [6.45, 7) is 1.13. The Labute approximate surface area is 159 Å². The summed E-state index contributed by atoms with van der Waals surface area (Å²) in [5, 5.41) is 11.9. The van der Waals surface area contributed by atoms with E-state index in [1.165, 1.54) is 30.5 Å². The molecule has 1 unspecified atom stereocenters. The lowest BCUT2D eigenvalue weighted by Crippen LogP contribution is -2.37. The molecule has 0 saturated carbocycles. The lowest BCUT2D eigenvalue weighted by molar-refractivity contribution is -0.112. The average molecular weight is 394 g/mol. The van der Waals surface area contributed by atoms with Crippen LogP contribution >= 0.6 is 0 Å². The summed E-state index contributed by atoms with van der Waals surface area (Å²) in [6, 6.07) is 6.81. The number of nitrogens with zero attached hydrogens (tertiary/aromatic N) is 3. The highest BCUT2D eigenvalue weighted by atomic mass is 32.2. The van der Waals surface area contributed by atoms with E-state index in [9.17, 15) is 22.9 Å². The molecular formula is C18H23FN4O3S. The van der Waals surface area contributed by atoms with Gasteiger partial charge in [0.25, 0.3) is 5.91 Å². The predicted molar refractivity (Wildman–Crippen MR) is 101 cm³/mol. The highest BCUT2D eigenvalue weighted by molar-refractivity contribution is 7.91. The summed E-state index contributed by atoms with van der Waals surface area (Å²) in [5.74, 6) is -0.941. The largest absolute Gasteiger partial charge is 0.371 e. The van der Waals surface area contributed by atoms with Crippen molar-refractivity contribution in [1.82, 2.24) is 9.80 Å². The molecule has 1 saturated heterocycles. The van der Waals surface area contributed by atoms with Gasteiger partial charge in [-0.1, -0.05) is 0 Å². The Morgan fingerprint density at radius 3 is 2.52 bits per heavy atom. The molecule has 1 N–H and O–H groups in total. The number of halogens is 1. The van der Waals surface area contributed by atoms with Gasteiger partial charge in [-0.2, -0.15) is 5.26 Å². The number of carbonyl (C=O) groups excluding carboxylic acids is 1. The highest BCUT2D eigenvalue weighted by Crippen LogP contribution is 2.19. The van der Waals surface area contributed by atoms with Crippen molar-refractivity contribution >= 4 is 21.4 Å². The van der Waals surface area contributed by atoms with Crippen molar-refractivity contribution in [2.24, 2.45) is 0 Å². The molecule has 146 valence electrons. The monoisotopic (exact) mass is 394 g/mol. The maximum Gasteiger partial charge on any atom is 0.267 e. The van der Waals surface area contributed by atoms with Crippen LogP contribution in [0.3, 0.4) is 0 Å². The molecule has 0 bridgehead atoms. The van der Waals surface area contributed by atoms with Gasteiger partial charge >= 0.3 is 0 Å². The number of nitriles is 1. The van der Waals surface area contributed by atoms with Crippen molar-refractivity contribution < 1.29 is 17.6 Å². The fourth-order valence-electron chi connectivity index (χ4n) is 2.74. The molecule has 1 aliphatic rings. The maximum absolute atomic E-state index is 13.0. The number of benzene rings is 1. The fourth-order valence-corrected chi connectivity index (χ4v) is 4.48. The molecule has 1 heterocycles. The molecular weight excluding hydrogens is 371 g/mol. The number of amides is 1. The molecule has 0 spiro atoms. The van der Waals surface area contributed by atoms with Crippen LogP contribution < -0.4 is 5.32 Å². The van der Waals surface area contributed by atoms with Crippen LogP contribution in [0.4, 0.5) is 10.1 Å². The molecule has 1 aliphatic heterocycles. The van der Waals surface area contributed by atoms with Gasteiger partial charge in [0.2, 0.25) is 0 Å². The molecule has 0 radical (unpaired) electrons. The summed E-state index contributed by atoms with van der Waals surface area (Å²) in [7, 11) is 0.679. The number of anilines is 1. The van der Waals surface area contributed by atoms with Gasteiger partial charge in [0.15, 0.2) is 9.84 Å². The number of hydrogen-bond acceptors (Lipinski definition) is 6. The van der Waals surface area contributed by atoms with Gasteiger partial charge in [0.05, 0.1) is 11.5 Å². The minimum Gasteiger partial charge on any atom is -0.371 e. The lowest BCUT2D eigenvalue weighted by atomic mass is 10.2. The second-order valence-corrected chi connectivity index (χ2v) is 8.94. The number of hydrogen-bond donors (Lipinski definition) is 1. The van der Waals surface area contributed by atoms with E-state index >= 15 is 0 Å². The zero-order valence-electron chi connectivity index (χ0n) is 15.4. The van der Waals surface area contributed by atoms with E-state index in [2.05, 4.69) is 5.32 Å². The van der Waals surface area contributed by atoms with E-state index in [-0.39, 0.29) is 23.1 Å². The molecule has 1 atom stereocenters. The minimum absolute atomic E-state index is 0.00915. The number of carbonyl (C=O) groups is 1. The Balaban J connectivity index is 2.18. The van der Waals surface area contributed by atoms with Gasteiger partial charge in [-0.15, -0.1) is 0 Å². The summed E-state index contributed by atoms with van der Waals surface area (Å²) < 4.78 is 36.6. The molecule has 1 aromatic rings. The first-order valence-corrected chi connectivity index (χ1v) is 10.3. The normalized spacial score (nSPS) is 18.9. The average Bonchev–Trinajstić information content (AvgIpc) is 2.96. The van der Waals surface area contributed by atoms with Crippen LogP contribution in [0.5, 0.6) is 0 Å². The maximum atomic E-state index is 13.0. The second-order valence-electron chi connectivity index (χ2n) is 6.71. The standard InChI is InChI=1S/C18H23FN4O3S/c1-22(2)8-9-23(17-7-10-27(25,26)13-17)12-14(11-20)18(24)21-16-5-3-15(19)4-6-16/h3-6,12,17H,7-10,13H2,1-2H3,(H,21,24)/b14-12-. The van der Waals surface area contributed by atoms with E-state index in [4.69, 9.17) is 0 Å². The van der Waals surface area contributed by atoms with Crippen LogP contribution in [0.15, 0.2) is 36.0 Å². The van der Waals surface area contributed by atoms with Crippen molar-refractivity contribution in [3.63, 3.8) is 0 Å². The van der Waals surface area contributed by atoms with E-state index in [1.54, 1.807) is 4.90 Å². The van der Waals surface area contributed by atoms with Gasteiger partial charge in [-0.3, -0.25) is 4.79 Å². The second kappa shape index (κ2) is 8.97. The van der Waals surface area contributed by atoms with Gasteiger partial charge in [-0.25, -0.2) is 12.8 Å². The van der Waals surface area contributed by atoms with Crippen LogP contribution in [0.2, 0.25) is 0 Å². The SMILES string of the molecule is CN(C)CCN(/C=C(/C#N)C(=O)Nc1ccc(F)cc1)C1CCS(=O)(=O)C1. The summed E-state index contributed by atoms with van der Waals surface area (Å²) in [5.41, 5.74) is 0.230. The molecule has 1 aromatic carbocycles. The topological polar surface area (TPSA) is 93.5 Å². The lowest BCUT2D eigenvalue weighted by Gasteiger charge is -2.28. The molecule has 0 aliphatic carbocycles. The zero-order chi connectivity index (χ0) is 20.0. The quantitative estimate of drug-likeness (QED) is 0.552. The van der Waals surface area contributed by atoms with Crippen molar-refractivity contribution in [1.29, 1.82) is 5.26 Å². The Morgan fingerprint density at radius 1 is 1.33 bits per heavy atom. The van der Waals surface area contributed by atoms with Gasteiger partial charge in [-0.05, 0) is 44.8 Å². The van der Waals surface area contributed by atoms with Crippen molar-refractivity contribution in [3.8, 4) is 6.07 Å². The number of rotatable bonds is 7. The van der Waals surface area contributed by atoms with Crippen LogP contribution in [0, 0.1) is 17.1 Å². The summed E-state index contributed by atoms with van der Waals surface area (Å²) >= 11 is 0. The third-order valence-electron chi connectivity index (χ3n) is 4.24. The summed E-state index contributed by atoms with van der Waals surface area (Å²) in [4.78, 5) is 16.1. The fraction of sp³-hybridized carbons (Fsp3) is 0.444.